The fraction of sp³-hybridized carbons (Fsp3) is 0.286. The summed E-state index contributed by atoms with van der Waals surface area (Å²) in [5, 5.41) is 14.2. The van der Waals surface area contributed by atoms with Crippen LogP contribution in [0.15, 0.2) is 54.7 Å². The SMILES string of the molecule is CN(C)C/C=C/C(=O)Nc1ccc(F)c(-c2nc(Nc3ccc(Cl)c(N4CCN(C)CC4)c3)nc3[nH]ncc23)c1. The fourth-order valence-electron chi connectivity index (χ4n) is 4.44. The molecule has 0 radical (unpaired) electrons. The minimum atomic E-state index is -0.489. The maximum atomic E-state index is 15.1. The van der Waals surface area contributed by atoms with Gasteiger partial charge in [-0.05, 0) is 57.5 Å². The Balaban J connectivity index is 1.44. The largest absolute Gasteiger partial charge is 0.368 e. The van der Waals surface area contributed by atoms with Crippen molar-refractivity contribution < 1.29 is 9.18 Å². The van der Waals surface area contributed by atoms with Gasteiger partial charge >= 0.3 is 0 Å². The minimum Gasteiger partial charge on any atom is -0.368 e. The van der Waals surface area contributed by atoms with E-state index in [1.54, 1.807) is 18.3 Å². The Bertz CT molecular complexity index is 1550. The van der Waals surface area contributed by atoms with Crippen molar-refractivity contribution in [1.82, 2.24) is 30.0 Å². The Kier molecular flexibility index (Phi) is 8.24. The molecule has 40 heavy (non-hydrogen) atoms. The highest BCUT2D eigenvalue weighted by molar-refractivity contribution is 6.33. The van der Waals surface area contributed by atoms with E-state index in [9.17, 15) is 4.79 Å². The second-order valence-electron chi connectivity index (χ2n) is 9.96. The maximum Gasteiger partial charge on any atom is 0.248 e. The van der Waals surface area contributed by atoms with Crippen molar-refractivity contribution in [1.29, 1.82) is 0 Å². The van der Waals surface area contributed by atoms with Crippen molar-refractivity contribution >= 4 is 51.6 Å². The number of aromatic amines is 1. The Morgan fingerprint density at radius 3 is 2.67 bits per heavy atom. The molecule has 4 aromatic rings. The third-order valence-corrected chi connectivity index (χ3v) is 6.90. The normalized spacial score (nSPS) is 14.4. The van der Waals surface area contributed by atoms with E-state index in [0.29, 0.717) is 34.0 Å². The molecule has 2 aromatic heterocycles. The summed E-state index contributed by atoms with van der Waals surface area (Å²) in [6, 6.07) is 10.0. The van der Waals surface area contributed by atoms with Gasteiger partial charge in [-0.1, -0.05) is 17.7 Å². The van der Waals surface area contributed by atoms with Crippen LogP contribution in [-0.4, -0.2) is 89.7 Å². The zero-order chi connectivity index (χ0) is 28.2. The molecule has 3 heterocycles. The molecule has 3 N–H and O–H groups in total. The summed E-state index contributed by atoms with van der Waals surface area (Å²) >= 11 is 6.54. The van der Waals surface area contributed by atoms with Crippen LogP contribution in [-0.2, 0) is 4.79 Å². The number of nitrogens with zero attached hydrogens (tertiary/aromatic N) is 6. The monoisotopic (exact) mass is 563 g/mol. The number of amides is 1. The zero-order valence-corrected chi connectivity index (χ0v) is 23.3. The first-order chi connectivity index (χ1) is 19.3. The smallest absolute Gasteiger partial charge is 0.248 e. The van der Waals surface area contributed by atoms with Crippen molar-refractivity contribution in [2.75, 3.05) is 69.4 Å². The molecule has 208 valence electrons. The number of fused-ring (bicyclic) bond motifs is 1. The average molecular weight is 564 g/mol. The Morgan fingerprint density at radius 2 is 1.90 bits per heavy atom. The van der Waals surface area contributed by atoms with E-state index < -0.39 is 5.82 Å². The number of hydrogen-bond acceptors (Lipinski definition) is 8. The lowest BCUT2D eigenvalue weighted by atomic mass is 10.1. The number of carbonyl (C=O) groups is 1. The van der Waals surface area contributed by atoms with Gasteiger partial charge in [-0.3, -0.25) is 9.89 Å². The van der Waals surface area contributed by atoms with Crippen LogP contribution in [0.3, 0.4) is 0 Å². The Hall–Kier alpha value is -4.06. The molecular weight excluding hydrogens is 533 g/mol. The number of aromatic nitrogens is 4. The molecule has 0 spiro atoms. The van der Waals surface area contributed by atoms with Crippen molar-refractivity contribution in [2.45, 2.75) is 0 Å². The quantitative estimate of drug-likeness (QED) is 0.272. The number of piperazine rings is 1. The van der Waals surface area contributed by atoms with Gasteiger partial charge in [0.05, 0.1) is 28.0 Å². The molecule has 10 nitrogen and oxygen atoms in total. The highest BCUT2D eigenvalue weighted by Gasteiger charge is 2.19. The van der Waals surface area contributed by atoms with E-state index >= 15 is 4.39 Å². The number of carbonyl (C=O) groups excluding carboxylic acids is 1. The molecular formula is C28H31ClFN9O. The number of benzene rings is 2. The Morgan fingerprint density at radius 1 is 1.12 bits per heavy atom. The molecule has 1 amide bonds. The van der Waals surface area contributed by atoms with Crippen molar-refractivity contribution in [3.05, 3.63) is 65.6 Å². The van der Waals surface area contributed by atoms with Gasteiger partial charge in [-0.25, -0.2) is 9.37 Å². The minimum absolute atomic E-state index is 0.209. The molecule has 2 aromatic carbocycles. The third kappa shape index (κ3) is 6.39. The van der Waals surface area contributed by atoms with E-state index in [0.717, 1.165) is 37.6 Å². The third-order valence-electron chi connectivity index (χ3n) is 6.58. The van der Waals surface area contributed by atoms with Crippen LogP contribution in [0.1, 0.15) is 0 Å². The standard InChI is InChI=1S/C28H31ClFN9O/c1-37(2)10-4-5-25(40)32-18-7-9-23(30)20(15-18)26-21-17-31-36-27(21)35-28(34-26)33-19-6-8-22(29)24(16-19)39-13-11-38(3)12-14-39/h4-9,15-17H,10-14H2,1-3H3,(H,32,40)(H2,31,33,34,35,36)/b5-4+. The summed E-state index contributed by atoms with van der Waals surface area (Å²) in [4.78, 5) is 28.0. The van der Waals surface area contributed by atoms with Gasteiger partial charge in [0.25, 0.3) is 0 Å². The second kappa shape index (κ2) is 12.0. The molecule has 0 saturated carbocycles. The maximum absolute atomic E-state index is 15.1. The van der Waals surface area contributed by atoms with Crippen molar-refractivity contribution in [3.8, 4) is 11.3 Å². The average Bonchev–Trinajstić information content (AvgIpc) is 3.40. The highest BCUT2D eigenvalue weighted by atomic mass is 35.5. The van der Waals surface area contributed by atoms with Gasteiger partial charge in [-0.2, -0.15) is 10.1 Å². The summed E-state index contributed by atoms with van der Waals surface area (Å²) in [6.07, 6.45) is 4.76. The van der Waals surface area contributed by atoms with E-state index in [2.05, 4.69) is 47.6 Å². The number of hydrogen-bond donors (Lipinski definition) is 3. The lowest BCUT2D eigenvalue weighted by molar-refractivity contribution is -0.111. The molecule has 1 aliphatic heterocycles. The molecule has 12 heteroatoms. The van der Waals surface area contributed by atoms with Crippen LogP contribution in [0.5, 0.6) is 0 Å². The number of H-pyrrole nitrogens is 1. The molecule has 5 rings (SSSR count). The van der Waals surface area contributed by atoms with Crippen LogP contribution in [0.2, 0.25) is 5.02 Å². The molecule has 1 fully saturated rings. The summed E-state index contributed by atoms with van der Waals surface area (Å²) in [7, 11) is 5.93. The summed E-state index contributed by atoms with van der Waals surface area (Å²) in [6.45, 7) is 4.28. The lowest BCUT2D eigenvalue weighted by Crippen LogP contribution is -2.44. The van der Waals surface area contributed by atoms with Crippen molar-refractivity contribution in [3.63, 3.8) is 0 Å². The molecule has 0 atom stereocenters. The van der Waals surface area contributed by atoms with E-state index in [-0.39, 0.29) is 17.4 Å². The zero-order valence-electron chi connectivity index (χ0n) is 22.6. The predicted molar refractivity (Wildman–Crippen MR) is 158 cm³/mol. The predicted octanol–water partition coefficient (Wildman–Crippen LogP) is 4.36. The molecule has 0 aliphatic carbocycles. The van der Waals surface area contributed by atoms with Gasteiger partial charge in [0.15, 0.2) is 5.65 Å². The summed E-state index contributed by atoms with van der Waals surface area (Å²) in [5.41, 5.74) is 3.11. The first-order valence-electron chi connectivity index (χ1n) is 12.9. The lowest BCUT2D eigenvalue weighted by Gasteiger charge is -2.34. The van der Waals surface area contributed by atoms with Crippen LogP contribution < -0.4 is 15.5 Å². The number of nitrogens with one attached hydrogen (secondary N) is 3. The van der Waals surface area contributed by atoms with Crippen LogP contribution in [0.4, 0.5) is 27.4 Å². The van der Waals surface area contributed by atoms with Gasteiger partial charge in [-0.15, -0.1) is 0 Å². The van der Waals surface area contributed by atoms with Gasteiger partial charge < -0.3 is 25.3 Å². The summed E-state index contributed by atoms with van der Waals surface area (Å²) < 4.78 is 15.1. The molecule has 1 saturated heterocycles. The van der Waals surface area contributed by atoms with Gasteiger partial charge in [0.1, 0.15) is 5.82 Å². The van der Waals surface area contributed by atoms with Gasteiger partial charge in [0, 0.05) is 55.7 Å². The second-order valence-corrected chi connectivity index (χ2v) is 10.4. The van der Waals surface area contributed by atoms with Crippen LogP contribution in [0, 0.1) is 5.82 Å². The number of anilines is 4. The highest BCUT2D eigenvalue weighted by Crippen LogP contribution is 2.33. The number of halogens is 2. The number of rotatable bonds is 8. The number of likely N-dealkylation sites (N-methyl/N-ethyl adjacent to an activating group) is 2. The summed E-state index contributed by atoms with van der Waals surface area (Å²) in [5.74, 6) is -0.534. The molecule has 0 unspecified atom stereocenters. The Labute approximate surface area is 236 Å². The van der Waals surface area contributed by atoms with Gasteiger partial charge in [0.2, 0.25) is 11.9 Å². The van der Waals surface area contributed by atoms with E-state index in [1.807, 2.05) is 37.2 Å². The fourth-order valence-corrected chi connectivity index (χ4v) is 4.68. The van der Waals surface area contributed by atoms with Crippen LogP contribution in [0.25, 0.3) is 22.3 Å². The first kappa shape index (κ1) is 27.5. The van der Waals surface area contributed by atoms with E-state index in [1.165, 1.54) is 18.2 Å². The van der Waals surface area contributed by atoms with E-state index in [4.69, 9.17) is 11.6 Å². The molecule has 0 bridgehead atoms. The topological polar surface area (TPSA) is 105 Å². The van der Waals surface area contributed by atoms with Crippen molar-refractivity contribution in [2.24, 2.45) is 0 Å². The first-order valence-corrected chi connectivity index (χ1v) is 13.3. The van der Waals surface area contributed by atoms with Crippen LogP contribution >= 0.6 is 11.6 Å². The molecule has 1 aliphatic rings.